The summed E-state index contributed by atoms with van der Waals surface area (Å²) in [7, 11) is 3.94. The van der Waals surface area contributed by atoms with Gasteiger partial charge in [0.1, 0.15) is 5.01 Å². The summed E-state index contributed by atoms with van der Waals surface area (Å²) in [6, 6.07) is 10.5. The summed E-state index contributed by atoms with van der Waals surface area (Å²) >= 11 is 1.71. The third-order valence-electron chi connectivity index (χ3n) is 3.71. The van der Waals surface area contributed by atoms with Crippen LogP contribution in [0, 0.1) is 6.92 Å². The maximum Gasteiger partial charge on any atom is 0.191 e. The molecule has 0 aliphatic heterocycles. The monoisotopic (exact) mass is 473 g/mol. The van der Waals surface area contributed by atoms with E-state index in [1.807, 2.05) is 12.3 Å². The Morgan fingerprint density at radius 3 is 2.60 bits per heavy atom. The van der Waals surface area contributed by atoms with Gasteiger partial charge in [0.15, 0.2) is 5.96 Å². The molecule has 0 spiro atoms. The fraction of sp³-hybridized carbons (Fsp3) is 0.444. The summed E-state index contributed by atoms with van der Waals surface area (Å²) in [5, 5.41) is 7.74. The minimum atomic E-state index is 0. The topological polar surface area (TPSA) is 52.6 Å². The molecule has 7 heteroatoms. The summed E-state index contributed by atoms with van der Waals surface area (Å²) < 4.78 is 0. The van der Waals surface area contributed by atoms with Gasteiger partial charge in [-0.05, 0) is 31.9 Å². The van der Waals surface area contributed by atoms with Gasteiger partial charge in [-0.3, -0.25) is 4.99 Å². The van der Waals surface area contributed by atoms with Crippen LogP contribution in [0.1, 0.15) is 22.7 Å². The maximum absolute atomic E-state index is 4.35. The lowest BCUT2D eigenvalue weighted by Gasteiger charge is -2.19. The second-order valence-electron chi connectivity index (χ2n) is 5.68. The Balaban J connectivity index is 0.00000312. The highest BCUT2D eigenvalue weighted by Crippen LogP contribution is 2.11. The molecule has 25 heavy (non-hydrogen) atoms. The van der Waals surface area contributed by atoms with Crippen molar-refractivity contribution >= 4 is 47.0 Å². The number of aliphatic imine (C=N–C) groups is 1. The second kappa shape index (κ2) is 12.1. The van der Waals surface area contributed by atoms with E-state index in [4.69, 9.17) is 0 Å². The minimum Gasteiger partial charge on any atom is -0.375 e. The molecule has 0 amide bonds. The number of thiazole rings is 1. The summed E-state index contributed by atoms with van der Waals surface area (Å²) in [4.78, 5) is 12.1. The smallest absolute Gasteiger partial charge is 0.191 e. The largest absolute Gasteiger partial charge is 0.375 e. The van der Waals surface area contributed by atoms with E-state index in [0.29, 0.717) is 0 Å². The van der Waals surface area contributed by atoms with Crippen LogP contribution in [-0.2, 0) is 6.54 Å². The Morgan fingerprint density at radius 1 is 1.20 bits per heavy atom. The molecule has 1 aromatic carbocycles. The number of halogens is 1. The van der Waals surface area contributed by atoms with Gasteiger partial charge >= 0.3 is 0 Å². The van der Waals surface area contributed by atoms with E-state index in [-0.39, 0.29) is 24.0 Å². The number of anilines is 1. The van der Waals surface area contributed by atoms with Gasteiger partial charge in [0.2, 0.25) is 0 Å². The van der Waals surface area contributed by atoms with Crippen LogP contribution in [-0.4, -0.2) is 38.1 Å². The summed E-state index contributed by atoms with van der Waals surface area (Å²) in [6.45, 7) is 4.75. The van der Waals surface area contributed by atoms with Gasteiger partial charge in [-0.25, -0.2) is 4.98 Å². The molecule has 0 fully saturated rings. The number of para-hydroxylation sites is 1. The Labute approximate surface area is 172 Å². The van der Waals surface area contributed by atoms with Gasteiger partial charge < -0.3 is 15.5 Å². The van der Waals surface area contributed by atoms with Crippen LogP contribution >= 0.6 is 35.3 Å². The number of aryl methyl sites for hydroxylation is 1. The highest BCUT2D eigenvalue weighted by Gasteiger charge is 2.02. The first-order chi connectivity index (χ1) is 11.7. The van der Waals surface area contributed by atoms with E-state index in [0.717, 1.165) is 43.4 Å². The molecule has 0 unspecified atom stereocenters. The number of aromatic nitrogens is 1. The summed E-state index contributed by atoms with van der Waals surface area (Å²) in [5.41, 5.74) is 1.27. The highest BCUT2D eigenvalue weighted by atomic mass is 127. The number of hydrogen-bond acceptors (Lipinski definition) is 4. The Hall–Kier alpha value is -1.35. The van der Waals surface area contributed by atoms with E-state index in [2.05, 4.69) is 63.7 Å². The molecule has 0 bridgehead atoms. The first-order valence-corrected chi connectivity index (χ1v) is 9.12. The number of hydrogen-bond donors (Lipinski definition) is 2. The van der Waals surface area contributed by atoms with Crippen LogP contribution < -0.4 is 15.5 Å². The van der Waals surface area contributed by atoms with Crippen LogP contribution in [0.3, 0.4) is 0 Å². The average Bonchev–Trinajstić information content (AvgIpc) is 3.03. The van der Waals surface area contributed by atoms with Crippen molar-refractivity contribution in [2.45, 2.75) is 26.3 Å². The lowest BCUT2D eigenvalue weighted by Crippen LogP contribution is -2.37. The Bertz CT molecular complexity index is 629. The number of benzene rings is 1. The number of nitrogens with zero attached hydrogens (tertiary/aromatic N) is 3. The van der Waals surface area contributed by atoms with Crippen LogP contribution in [0.15, 0.2) is 41.5 Å². The fourth-order valence-corrected chi connectivity index (χ4v) is 3.08. The standard InChI is InChI=1S/C18H27N5S.HI/c1-15-13-21-17(24-15)14-22-18(19-2)20-11-7-8-12-23(3)16-9-5-4-6-10-16;/h4-6,9-10,13H,7-8,11-12,14H2,1-3H3,(H2,19,20,22);1H. The first kappa shape index (κ1) is 21.7. The third-order valence-corrected chi connectivity index (χ3v) is 4.62. The second-order valence-corrected chi connectivity index (χ2v) is 7.00. The zero-order valence-corrected chi connectivity index (χ0v) is 18.3. The third kappa shape index (κ3) is 8.04. The molecular weight excluding hydrogens is 445 g/mol. The molecule has 0 aliphatic rings. The maximum atomic E-state index is 4.35. The van der Waals surface area contributed by atoms with Crippen LogP contribution in [0.2, 0.25) is 0 Å². The molecule has 1 heterocycles. The Morgan fingerprint density at radius 2 is 1.96 bits per heavy atom. The van der Waals surface area contributed by atoms with Crippen LogP contribution in [0.25, 0.3) is 0 Å². The van der Waals surface area contributed by atoms with Crippen LogP contribution in [0.4, 0.5) is 5.69 Å². The van der Waals surface area contributed by atoms with Crippen molar-refractivity contribution < 1.29 is 0 Å². The van der Waals surface area contributed by atoms with Crippen molar-refractivity contribution in [3.63, 3.8) is 0 Å². The van der Waals surface area contributed by atoms with Crippen molar-refractivity contribution in [2.24, 2.45) is 4.99 Å². The van der Waals surface area contributed by atoms with Gasteiger partial charge in [-0.2, -0.15) is 0 Å². The lowest BCUT2D eigenvalue weighted by molar-refractivity contribution is 0.686. The molecule has 1 aromatic heterocycles. The van der Waals surface area contributed by atoms with E-state index in [9.17, 15) is 0 Å². The molecule has 2 aromatic rings. The van der Waals surface area contributed by atoms with E-state index >= 15 is 0 Å². The molecule has 138 valence electrons. The average molecular weight is 473 g/mol. The number of nitrogens with one attached hydrogen (secondary N) is 2. The zero-order valence-electron chi connectivity index (χ0n) is 15.2. The highest BCUT2D eigenvalue weighted by molar-refractivity contribution is 14.0. The SMILES string of the molecule is CN=C(NCCCCN(C)c1ccccc1)NCc1ncc(C)s1.I. The van der Waals surface area contributed by atoms with Crippen molar-refractivity contribution in [3.05, 3.63) is 46.4 Å². The quantitative estimate of drug-likeness (QED) is 0.266. The molecule has 0 aliphatic carbocycles. The molecule has 0 saturated carbocycles. The fourth-order valence-electron chi connectivity index (χ4n) is 2.36. The van der Waals surface area contributed by atoms with Crippen molar-refractivity contribution in [2.75, 3.05) is 32.1 Å². The molecule has 2 N–H and O–H groups in total. The first-order valence-electron chi connectivity index (χ1n) is 8.31. The normalized spacial score (nSPS) is 10.9. The molecule has 0 saturated heterocycles. The van der Waals surface area contributed by atoms with Crippen molar-refractivity contribution in [1.82, 2.24) is 15.6 Å². The van der Waals surface area contributed by atoms with Gasteiger partial charge in [0.05, 0.1) is 6.54 Å². The van der Waals surface area contributed by atoms with E-state index < -0.39 is 0 Å². The predicted octanol–water partition coefficient (Wildman–Crippen LogP) is 3.65. The Kier molecular flexibility index (Phi) is 10.5. The lowest BCUT2D eigenvalue weighted by atomic mass is 10.2. The number of unbranched alkanes of at least 4 members (excludes halogenated alkanes) is 1. The molecule has 2 rings (SSSR count). The van der Waals surface area contributed by atoms with E-state index in [1.165, 1.54) is 10.6 Å². The number of guanidine groups is 1. The molecular formula is C18H28IN5S. The minimum absolute atomic E-state index is 0. The summed E-state index contributed by atoms with van der Waals surface area (Å²) in [5.74, 6) is 0.833. The molecule has 5 nitrogen and oxygen atoms in total. The number of rotatable bonds is 8. The van der Waals surface area contributed by atoms with Gasteiger partial charge in [-0.15, -0.1) is 35.3 Å². The molecule has 0 atom stereocenters. The van der Waals surface area contributed by atoms with Gasteiger partial charge in [0, 0.05) is 43.9 Å². The van der Waals surface area contributed by atoms with E-state index in [1.54, 1.807) is 18.4 Å². The van der Waals surface area contributed by atoms with Gasteiger partial charge in [-0.1, -0.05) is 18.2 Å². The van der Waals surface area contributed by atoms with Crippen LogP contribution in [0.5, 0.6) is 0 Å². The zero-order chi connectivity index (χ0) is 17.2. The van der Waals surface area contributed by atoms with Crippen molar-refractivity contribution in [1.29, 1.82) is 0 Å². The molecule has 0 radical (unpaired) electrons. The summed E-state index contributed by atoms with van der Waals surface area (Å²) in [6.07, 6.45) is 4.15. The van der Waals surface area contributed by atoms with Crippen molar-refractivity contribution in [3.8, 4) is 0 Å². The van der Waals surface area contributed by atoms with Gasteiger partial charge in [0.25, 0.3) is 0 Å². The predicted molar refractivity (Wildman–Crippen MR) is 119 cm³/mol.